The number of piperazine rings is 1. The molecular formula is C19H21N5O. The third-order valence-corrected chi connectivity index (χ3v) is 4.84. The Kier molecular flexibility index (Phi) is 4.09. The topological polar surface area (TPSA) is 54.3 Å². The van der Waals surface area contributed by atoms with E-state index in [0.29, 0.717) is 6.42 Å². The van der Waals surface area contributed by atoms with Gasteiger partial charge in [-0.3, -0.25) is 4.79 Å². The Morgan fingerprint density at radius 2 is 1.88 bits per heavy atom. The minimum Gasteiger partial charge on any atom is -0.352 e. The predicted molar refractivity (Wildman–Crippen MR) is 97.4 cm³/mol. The Labute approximate surface area is 146 Å². The number of aryl methyl sites for hydroxylation is 1. The first kappa shape index (κ1) is 15.6. The van der Waals surface area contributed by atoms with Gasteiger partial charge in [-0.2, -0.15) is 5.10 Å². The van der Waals surface area contributed by atoms with E-state index in [2.05, 4.69) is 38.0 Å². The molecule has 1 aliphatic heterocycles. The van der Waals surface area contributed by atoms with Gasteiger partial charge in [0.05, 0.1) is 6.42 Å². The highest BCUT2D eigenvalue weighted by atomic mass is 16.2. The molecule has 0 aliphatic carbocycles. The third kappa shape index (κ3) is 3.07. The van der Waals surface area contributed by atoms with Gasteiger partial charge in [0.1, 0.15) is 0 Å². The fraction of sp³-hybridized carbons (Fsp3) is 0.316. The maximum absolute atomic E-state index is 12.7. The van der Waals surface area contributed by atoms with Crippen LogP contribution in [-0.2, 0) is 18.3 Å². The van der Waals surface area contributed by atoms with E-state index >= 15 is 0 Å². The second-order valence-corrected chi connectivity index (χ2v) is 6.41. The molecule has 1 amide bonds. The zero-order chi connectivity index (χ0) is 17.2. The van der Waals surface area contributed by atoms with E-state index in [0.717, 1.165) is 48.5 Å². The molecule has 1 aliphatic rings. The normalized spacial score (nSPS) is 14.9. The highest BCUT2D eigenvalue weighted by Gasteiger charge is 2.23. The smallest absolute Gasteiger partial charge is 0.227 e. The maximum atomic E-state index is 12.7. The average molecular weight is 335 g/mol. The van der Waals surface area contributed by atoms with Crippen molar-refractivity contribution in [1.29, 1.82) is 0 Å². The van der Waals surface area contributed by atoms with E-state index < -0.39 is 0 Å². The van der Waals surface area contributed by atoms with Crippen molar-refractivity contribution >= 4 is 22.6 Å². The Balaban J connectivity index is 1.42. The van der Waals surface area contributed by atoms with Crippen LogP contribution in [0.15, 0.2) is 48.8 Å². The van der Waals surface area contributed by atoms with Crippen molar-refractivity contribution in [2.75, 3.05) is 31.1 Å². The molecule has 0 atom stereocenters. The standard InChI is InChI=1S/C19H21N5O/c1-22-14-15(16-5-2-3-6-17(16)22)13-19(25)24-11-9-23(10-12-24)18-7-4-8-20-21-18/h2-8,14H,9-13H2,1H3. The number of benzene rings is 1. The zero-order valence-corrected chi connectivity index (χ0v) is 14.3. The first-order valence-corrected chi connectivity index (χ1v) is 8.56. The number of anilines is 1. The molecular weight excluding hydrogens is 314 g/mol. The molecule has 3 aromatic rings. The van der Waals surface area contributed by atoms with E-state index in [1.165, 1.54) is 0 Å². The van der Waals surface area contributed by atoms with E-state index in [9.17, 15) is 4.79 Å². The van der Waals surface area contributed by atoms with Crippen LogP contribution in [0.1, 0.15) is 5.56 Å². The molecule has 0 spiro atoms. The minimum absolute atomic E-state index is 0.190. The van der Waals surface area contributed by atoms with Crippen molar-refractivity contribution in [2.45, 2.75) is 6.42 Å². The van der Waals surface area contributed by atoms with Crippen molar-refractivity contribution < 1.29 is 4.79 Å². The van der Waals surface area contributed by atoms with Gasteiger partial charge in [0.15, 0.2) is 5.82 Å². The van der Waals surface area contributed by atoms with Crippen LogP contribution < -0.4 is 4.90 Å². The summed E-state index contributed by atoms with van der Waals surface area (Å²) in [7, 11) is 2.02. The summed E-state index contributed by atoms with van der Waals surface area (Å²) >= 11 is 0. The molecule has 128 valence electrons. The summed E-state index contributed by atoms with van der Waals surface area (Å²) in [5.74, 6) is 1.07. The third-order valence-electron chi connectivity index (χ3n) is 4.84. The molecule has 0 N–H and O–H groups in total. The van der Waals surface area contributed by atoms with Crippen LogP contribution in [0.2, 0.25) is 0 Å². The van der Waals surface area contributed by atoms with Gasteiger partial charge in [0, 0.05) is 56.5 Å². The van der Waals surface area contributed by atoms with Crippen LogP contribution in [0.25, 0.3) is 10.9 Å². The summed E-state index contributed by atoms with van der Waals surface area (Å²) in [4.78, 5) is 16.9. The Morgan fingerprint density at radius 3 is 2.64 bits per heavy atom. The van der Waals surface area contributed by atoms with E-state index in [1.807, 2.05) is 36.2 Å². The molecule has 0 unspecified atom stereocenters. The van der Waals surface area contributed by atoms with Gasteiger partial charge < -0.3 is 14.4 Å². The van der Waals surface area contributed by atoms with E-state index in [1.54, 1.807) is 6.20 Å². The van der Waals surface area contributed by atoms with Crippen molar-refractivity contribution in [3.05, 3.63) is 54.4 Å². The molecule has 4 rings (SSSR count). The van der Waals surface area contributed by atoms with Crippen molar-refractivity contribution in [3.8, 4) is 0 Å². The number of hydrogen-bond acceptors (Lipinski definition) is 4. The van der Waals surface area contributed by atoms with Crippen LogP contribution >= 0.6 is 0 Å². The molecule has 2 aromatic heterocycles. The maximum Gasteiger partial charge on any atom is 0.227 e. The monoisotopic (exact) mass is 335 g/mol. The molecule has 1 saturated heterocycles. The van der Waals surface area contributed by atoms with Gasteiger partial charge in [0.2, 0.25) is 5.91 Å². The fourth-order valence-corrected chi connectivity index (χ4v) is 3.49. The Hall–Kier alpha value is -2.89. The van der Waals surface area contributed by atoms with Crippen LogP contribution in [0.5, 0.6) is 0 Å². The lowest BCUT2D eigenvalue weighted by atomic mass is 10.1. The first-order valence-electron chi connectivity index (χ1n) is 8.56. The lowest BCUT2D eigenvalue weighted by molar-refractivity contribution is -0.130. The van der Waals surface area contributed by atoms with Gasteiger partial charge in [-0.05, 0) is 23.8 Å². The molecule has 6 nitrogen and oxygen atoms in total. The number of fused-ring (bicyclic) bond motifs is 1. The lowest BCUT2D eigenvalue weighted by Gasteiger charge is -2.35. The average Bonchev–Trinajstić information content (AvgIpc) is 2.98. The minimum atomic E-state index is 0.190. The molecule has 0 saturated carbocycles. The summed E-state index contributed by atoms with van der Waals surface area (Å²) in [6.45, 7) is 3.03. The van der Waals surface area contributed by atoms with Crippen molar-refractivity contribution in [2.24, 2.45) is 7.05 Å². The van der Waals surface area contributed by atoms with Crippen molar-refractivity contribution in [3.63, 3.8) is 0 Å². The van der Waals surface area contributed by atoms with Crippen LogP contribution in [0, 0.1) is 0 Å². The molecule has 0 bridgehead atoms. The Morgan fingerprint density at radius 1 is 1.08 bits per heavy atom. The quantitative estimate of drug-likeness (QED) is 0.733. The number of aromatic nitrogens is 3. The summed E-state index contributed by atoms with van der Waals surface area (Å²) in [6, 6.07) is 12.1. The van der Waals surface area contributed by atoms with Crippen LogP contribution in [0.3, 0.4) is 0 Å². The number of carbonyl (C=O) groups excluding carboxylic acids is 1. The molecule has 6 heteroatoms. The number of carbonyl (C=O) groups is 1. The van der Waals surface area contributed by atoms with Crippen molar-refractivity contribution in [1.82, 2.24) is 19.7 Å². The lowest BCUT2D eigenvalue weighted by Crippen LogP contribution is -2.49. The number of rotatable bonds is 3. The number of para-hydroxylation sites is 1. The molecule has 25 heavy (non-hydrogen) atoms. The second kappa shape index (κ2) is 6.55. The van der Waals surface area contributed by atoms with Gasteiger partial charge in [0.25, 0.3) is 0 Å². The largest absolute Gasteiger partial charge is 0.352 e. The van der Waals surface area contributed by atoms with Gasteiger partial charge in [-0.15, -0.1) is 5.10 Å². The van der Waals surface area contributed by atoms with E-state index in [-0.39, 0.29) is 5.91 Å². The molecule has 1 aromatic carbocycles. The Bertz CT molecular complexity index is 881. The molecule has 1 fully saturated rings. The molecule has 3 heterocycles. The van der Waals surface area contributed by atoms with E-state index in [4.69, 9.17) is 0 Å². The first-order chi connectivity index (χ1) is 12.2. The van der Waals surface area contributed by atoms with Gasteiger partial charge in [-0.25, -0.2) is 0 Å². The van der Waals surface area contributed by atoms with Crippen LogP contribution in [-0.4, -0.2) is 51.8 Å². The number of amides is 1. The van der Waals surface area contributed by atoms with Gasteiger partial charge in [-0.1, -0.05) is 18.2 Å². The second-order valence-electron chi connectivity index (χ2n) is 6.41. The number of hydrogen-bond donors (Lipinski definition) is 0. The summed E-state index contributed by atoms with van der Waals surface area (Å²) < 4.78 is 2.09. The summed E-state index contributed by atoms with van der Waals surface area (Å²) in [5, 5.41) is 9.24. The zero-order valence-electron chi connectivity index (χ0n) is 14.3. The summed E-state index contributed by atoms with van der Waals surface area (Å²) in [5.41, 5.74) is 2.26. The predicted octanol–water partition coefficient (Wildman–Crippen LogP) is 1.86. The SMILES string of the molecule is Cn1cc(CC(=O)N2CCN(c3cccnn3)CC2)c2ccccc21. The fourth-order valence-electron chi connectivity index (χ4n) is 3.49. The highest BCUT2D eigenvalue weighted by molar-refractivity contribution is 5.89. The summed E-state index contributed by atoms with van der Waals surface area (Å²) in [6.07, 6.45) is 4.19. The van der Waals surface area contributed by atoms with Gasteiger partial charge >= 0.3 is 0 Å². The number of nitrogens with zero attached hydrogens (tertiary/aromatic N) is 5. The molecule has 0 radical (unpaired) electrons. The highest BCUT2D eigenvalue weighted by Crippen LogP contribution is 2.21. The van der Waals surface area contributed by atoms with Crippen LogP contribution in [0.4, 0.5) is 5.82 Å².